The third kappa shape index (κ3) is 3.70. The number of hydrogen-bond acceptors (Lipinski definition) is 3. The highest BCUT2D eigenvalue weighted by atomic mass is 16.5. The molecule has 0 atom stereocenters. The Bertz CT molecular complexity index is 1080. The molecule has 3 nitrogen and oxygen atoms in total. The Balaban J connectivity index is 1.52. The molecule has 1 aliphatic heterocycles. The van der Waals surface area contributed by atoms with Crippen LogP contribution in [0.25, 0.3) is 6.08 Å². The average Bonchev–Trinajstić information content (AvgIpc) is 2.99. The molecule has 0 aliphatic carbocycles. The molecule has 28 heavy (non-hydrogen) atoms. The van der Waals surface area contributed by atoms with Crippen molar-refractivity contribution in [2.75, 3.05) is 0 Å². The second-order valence-electron chi connectivity index (χ2n) is 7.23. The first-order valence-electron chi connectivity index (χ1n) is 9.33. The summed E-state index contributed by atoms with van der Waals surface area (Å²) in [5, 5.41) is 0. The van der Waals surface area contributed by atoms with E-state index in [2.05, 4.69) is 32.0 Å². The van der Waals surface area contributed by atoms with Crippen LogP contribution in [0.1, 0.15) is 38.2 Å². The molecule has 0 spiro atoms. The Kier molecular flexibility index (Phi) is 4.74. The average molecular weight is 370 g/mol. The van der Waals surface area contributed by atoms with Crippen LogP contribution in [0, 0.1) is 20.8 Å². The van der Waals surface area contributed by atoms with E-state index in [9.17, 15) is 4.79 Å². The van der Waals surface area contributed by atoms with Gasteiger partial charge in [0.15, 0.2) is 5.76 Å². The molecular weight excluding hydrogens is 348 g/mol. The topological polar surface area (TPSA) is 35.5 Å². The van der Waals surface area contributed by atoms with Gasteiger partial charge in [0.2, 0.25) is 5.78 Å². The van der Waals surface area contributed by atoms with Crippen molar-refractivity contribution in [2.24, 2.45) is 0 Å². The number of carbonyl (C=O) groups is 1. The Morgan fingerprint density at radius 1 is 0.893 bits per heavy atom. The molecule has 0 bridgehead atoms. The van der Waals surface area contributed by atoms with E-state index in [1.165, 1.54) is 16.7 Å². The van der Waals surface area contributed by atoms with Crippen LogP contribution in [-0.2, 0) is 6.61 Å². The lowest BCUT2D eigenvalue weighted by Crippen LogP contribution is -1.99. The molecular formula is C25H22O3. The summed E-state index contributed by atoms with van der Waals surface area (Å²) in [5.74, 6) is 1.47. The van der Waals surface area contributed by atoms with Gasteiger partial charge >= 0.3 is 0 Å². The molecule has 0 amide bonds. The Morgan fingerprint density at radius 2 is 1.64 bits per heavy atom. The first-order valence-corrected chi connectivity index (χ1v) is 9.33. The highest BCUT2D eigenvalue weighted by Crippen LogP contribution is 2.35. The molecule has 1 aliphatic rings. The first-order chi connectivity index (χ1) is 13.5. The normalized spacial score (nSPS) is 14.1. The van der Waals surface area contributed by atoms with Crippen molar-refractivity contribution in [3.05, 3.63) is 99.8 Å². The van der Waals surface area contributed by atoms with Crippen LogP contribution in [0.3, 0.4) is 0 Å². The molecule has 0 aromatic heterocycles. The predicted molar refractivity (Wildman–Crippen MR) is 111 cm³/mol. The number of allylic oxidation sites excluding steroid dienone is 1. The van der Waals surface area contributed by atoms with Gasteiger partial charge in [-0.15, -0.1) is 0 Å². The summed E-state index contributed by atoms with van der Waals surface area (Å²) >= 11 is 0. The van der Waals surface area contributed by atoms with Gasteiger partial charge in [0.05, 0.1) is 5.56 Å². The fraction of sp³-hybridized carbons (Fsp3) is 0.160. The molecule has 4 rings (SSSR count). The standard InChI is InChI=1S/C25H22O3/c1-16-5-8-19(9-6-16)13-24-25(26)22-11-10-21(14-23(22)28-24)27-15-20-12-17(2)4-7-18(20)3/h4-14H,15H2,1-3H3. The number of ketones is 1. The third-order valence-corrected chi connectivity index (χ3v) is 4.92. The van der Waals surface area contributed by atoms with E-state index in [0.29, 0.717) is 29.4 Å². The predicted octanol–water partition coefficient (Wildman–Crippen LogP) is 5.81. The van der Waals surface area contributed by atoms with Gasteiger partial charge in [-0.3, -0.25) is 4.79 Å². The lowest BCUT2D eigenvalue weighted by molar-refractivity contribution is 0.101. The van der Waals surface area contributed by atoms with Gasteiger partial charge in [-0.2, -0.15) is 0 Å². The fourth-order valence-corrected chi connectivity index (χ4v) is 3.19. The van der Waals surface area contributed by atoms with Gasteiger partial charge in [-0.25, -0.2) is 0 Å². The SMILES string of the molecule is Cc1ccc(C=C2Oc3cc(OCc4cc(C)ccc4C)ccc3C2=O)cc1. The molecule has 140 valence electrons. The van der Waals surface area contributed by atoms with E-state index in [4.69, 9.17) is 9.47 Å². The number of rotatable bonds is 4. The summed E-state index contributed by atoms with van der Waals surface area (Å²) < 4.78 is 11.8. The summed E-state index contributed by atoms with van der Waals surface area (Å²) in [6, 6.07) is 19.7. The Labute approximate surface area is 165 Å². The Morgan fingerprint density at radius 3 is 2.43 bits per heavy atom. The molecule has 0 saturated carbocycles. The maximum atomic E-state index is 12.6. The number of fused-ring (bicyclic) bond motifs is 1. The molecule has 0 saturated heterocycles. The van der Waals surface area contributed by atoms with Crippen LogP contribution in [0.2, 0.25) is 0 Å². The summed E-state index contributed by atoms with van der Waals surface area (Å²) in [5.41, 5.74) is 6.23. The van der Waals surface area contributed by atoms with Gasteiger partial charge in [-0.05, 0) is 55.7 Å². The van der Waals surface area contributed by atoms with E-state index in [0.717, 1.165) is 11.1 Å². The monoisotopic (exact) mass is 370 g/mol. The molecule has 0 fully saturated rings. The summed E-state index contributed by atoms with van der Waals surface area (Å²) in [6.07, 6.45) is 1.78. The number of carbonyl (C=O) groups excluding carboxylic acids is 1. The van der Waals surface area contributed by atoms with Crippen molar-refractivity contribution in [3.63, 3.8) is 0 Å². The van der Waals surface area contributed by atoms with Crippen LogP contribution < -0.4 is 9.47 Å². The van der Waals surface area contributed by atoms with E-state index in [1.807, 2.05) is 37.3 Å². The zero-order valence-electron chi connectivity index (χ0n) is 16.3. The quantitative estimate of drug-likeness (QED) is 0.544. The number of aryl methyl sites for hydroxylation is 3. The maximum absolute atomic E-state index is 12.6. The van der Waals surface area contributed by atoms with Gasteiger partial charge in [0.1, 0.15) is 18.1 Å². The fourth-order valence-electron chi connectivity index (χ4n) is 3.19. The minimum absolute atomic E-state index is 0.100. The molecule has 3 aromatic rings. The number of Topliss-reactive ketones (excluding diaryl/α,β-unsaturated/α-hetero) is 1. The third-order valence-electron chi connectivity index (χ3n) is 4.92. The van der Waals surface area contributed by atoms with Crippen molar-refractivity contribution in [1.82, 2.24) is 0 Å². The first kappa shape index (κ1) is 18.1. The molecule has 3 heteroatoms. The van der Waals surface area contributed by atoms with Crippen molar-refractivity contribution in [1.29, 1.82) is 0 Å². The van der Waals surface area contributed by atoms with Crippen LogP contribution in [0.5, 0.6) is 11.5 Å². The second kappa shape index (κ2) is 7.35. The van der Waals surface area contributed by atoms with Crippen molar-refractivity contribution < 1.29 is 14.3 Å². The van der Waals surface area contributed by atoms with Crippen LogP contribution in [0.15, 0.2) is 66.4 Å². The highest BCUT2D eigenvalue weighted by Gasteiger charge is 2.27. The smallest absolute Gasteiger partial charge is 0.231 e. The molecule has 0 radical (unpaired) electrons. The summed E-state index contributed by atoms with van der Waals surface area (Å²) in [4.78, 5) is 12.6. The van der Waals surface area contributed by atoms with Gasteiger partial charge in [0.25, 0.3) is 0 Å². The summed E-state index contributed by atoms with van der Waals surface area (Å²) in [6.45, 7) is 6.65. The zero-order valence-corrected chi connectivity index (χ0v) is 16.3. The summed E-state index contributed by atoms with van der Waals surface area (Å²) in [7, 11) is 0. The minimum atomic E-state index is -0.100. The minimum Gasteiger partial charge on any atom is -0.489 e. The van der Waals surface area contributed by atoms with Crippen LogP contribution in [0.4, 0.5) is 0 Å². The maximum Gasteiger partial charge on any atom is 0.231 e. The molecule has 1 heterocycles. The lowest BCUT2D eigenvalue weighted by Gasteiger charge is -2.10. The van der Waals surface area contributed by atoms with E-state index in [1.54, 1.807) is 18.2 Å². The molecule has 3 aromatic carbocycles. The van der Waals surface area contributed by atoms with E-state index in [-0.39, 0.29) is 5.78 Å². The van der Waals surface area contributed by atoms with Gasteiger partial charge in [-0.1, -0.05) is 53.6 Å². The molecule has 0 N–H and O–H groups in total. The van der Waals surface area contributed by atoms with Crippen LogP contribution in [-0.4, -0.2) is 5.78 Å². The second-order valence-corrected chi connectivity index (χ2v) is 7.23. The largest absolute Gasteiger partial charge is 0.489 e. The Hall–Kier alpha value is -3.33. The number of ether oxygens (including phenoxy) is 2. The van der Waals surface area contributed by atoms with E-state index >= 15 is 0 Å². The highest BCUT2D eigenvalue weighted by molar-refractivity contribution is 6.14. The zero-order chi connectivity index (χ0) is 19.7. The van der Waals surface area contributed by atoms with Gasteiger partial charge in [0, 0.05) is 6.07 Å². The van der Waals surface area contributed by atoms with Crippen molar-refractivity contribution in [3.8, 4) is 11.5 Å². The van der Waals surface area contributed by atoms with Crippen molar-refractivity contribution >= 4 is 11.9 Å². The van der Waals surface area contributed by atoms with Gasteiger partial charge < -0.3 is 9.47 Å². The number of benzene rings is 3. The number of hydrogen-bond donors (Lipinski definition) is 0. The van der Waals surface area contributed by atoms with Crippen LogP contribution >= 0.6 is 0 Å². The van der Waals surface area contributed by atoms with E-state index < -0.39 is 0 Å². The lowest BCUT2D eigenvalue weighted by atomic mass is 10.1. The van der Waals surface area contributed by atoms with Crippen molar-refractivity contribution in [2.45, 2.75) is 27.4 Å². The molecule has 0 unspecified atom stereocenters.